The molecule has 3 rings (SSSR count). The van der Waals surface area contributed by atoms with Crippen molar-refractivity contribution >= 4 is 56.3 Å². The van der Waals surface area contributed by atoms with Gasteiger partial charge in [-0.15, -0.1) is 0 Å². The minimum Gasteiger partial charge on any atom is -0.453 e. The number of rotatable bonds is 3. The van der Waals surface area contributed by atoms with Gasteiger partial charge in [0.05, 0.1) is 18.5 Å². The number of anilines is 1. The Hall–Kier alpha value is -2.43. The number of halogens is 1. The molecule has 142 valence electrons. The van der Waals surface area contributed by atoms with Crippen LogP contribution in [-0.4, -0.2) is 26.8 Å². The smallest absolute Gasteiger partial charge is 0.412 e. The lowest BCUT2D eigenvalue weighted by atomic mass is 10.2. The zero-order valence-corrected chi connectivity index (χ0v) is 16.5. The fourth-order valence-electron chi connectivity index (χ4n) is 2.24. The Morgan fingerprint density at radius 2 is 2.04 bits per heavy atom. The number of alkyl carbamates (subject to hydrolysis) is 1. The van der Waals surface area contributed by atoms with Crippen molar-refractivity contribution in [3.8, 4) is 5.75 Å². The lowest BCUT2D eigenvalue weighted by Gasteiger charge is -2.17. The number of carbonyl (C=O) groups is 1. The monoisotopic (exact) mass is 427 g/mol. The summed E-state index contributed by atoms with van der Waals surface area (Å²) in [5, 5.41) is 3.18. The van der Waals surface area contributed by atoms with Crippen LogP contribution < -0.4 is 14.2 Å². The summed E-state index contributed by atoms with van der Waals surface area (Å²) < 4.78 is 37.7. The molecule has 2 aromatic rings. The number of ether oxygens (including phenoxy) is 1. The van der Waals surface area contributed by atoms with E-state index in [9.17, 15) is 13.2 Å². The molecule has 0 unspecified atom stereocenters. The van der Waals surface area contributed by atoms with E-state index in [2.05, 4.69) is 19.8 Å². The van der Waals surface area contributed by atoms with Gasteiger partial charge in [0.15, 0.2) is 5.17 Å². The predicted molar refractivity (Wildman–Crippen MR) is 104 cm³/mol. The number of amides is 1. The average molecular weight is 428 g/mol. The van der Waals surface area contributed by atoms with Crippen LogP contribution in [0.4, 0.5) is 16.2 Å². The molecule has 0 bridgehead atoms. The quantitative estimate of drug-likeness (QED) is 0.566. The first kappa shape index (κ1) is 19.3. The number of nitrogens with one attached hydrogen (secondary N) is 2. The zero-order chi connectivity index (χ0) is 19.6. The third-order valence-corrected chi connectivity index (χ3v) is 5.81. The number of amidine groups is 1. The largest absolute Gasteiger partial charge is 0.453 e. The van der Waals surface area contributed by atoms with Crippen LogP contribution in [0.15, 0.2) is 46.3 Å². The second-order valence-corrected chi connectivity index (χ2v) is 8.11. The van der Waals surface area contributed by atoms with E-state index < -0.39 is 16.2 Å². The number of methoxy groups -OCH3 is 1. The van der Waals surface area contributed by atoms with Gasteiger partial charge < -0.3 is 13.6 Å². The molecule has 2 aromatic carbocycles. The number of benzene rings is 2. The van der Waals surface area contributed by atoms with Crippen LogP contribution in [0.25, 0.3) is 0 Å². The molecule has 1 amide bonds. The summed E-state index contributed by atoms with van der Waals surface area (Å²) in [7, 11) is -2.77. The number of carbonyl (C=O) groups excluding carboxylic acids is 1. The average Bonchev–Trinajstić information content (AvgIpc) is 2.61. The fourth-order valence-corrected chi connectivity index (χ4v) is 4.25. The molecule has 0 radical (unpaired) electrons. The van der Waals surface area contributed by atoms with Crippen molar-refractivity contribution in [3.63, 3.8) is 0 Å². The Labute approximate surface area is 165 Å². The Balaban J connectivity index is 1.83. The van der Waals surface area contributed by atoms with Crippen molar-refractivity contribution in [2.24, 2.45) is 4.99 Å². The maximum atomic E-state index is 12.5. The van der Waals surface area contributed by atoms with Crippen LogP contribution in [0.1, 0.15) is 5.56 Å². The summed E-state index contributed by atoms with van der Waals surface area (Å²) in [6, 6.07) is 8.98. The normalized spacial score (nSPS) is 13.1. The summed E-state index contributed by atoms with van der Waals surface area (Å²) in [5.41, 5.74) is 1.53. The summed E-state index contributed by atoms with van der Waals surface area (Å²) in [5.74, 6) is 0.121. The van der Waals surface area contributed by atoms with Gasteiger partial charge in [0, 0.05) is 23.0 Å². The van der Waals surface area contributed by atoms with E-state index in [1.165, 1.54) is 31.4 Å². The minimum absolute atomic E-state index is 0.0366. The molecule has 0 spiro atoms. The highest BCUT2D eigenvalue weighted by Gasteiger charge is 2.21. The van der Waals surface area contributed by atoms with E-state index in [4.69, 9.17) is 15.8 Å². The molecule has 0 aliphatic carbocycles. The maximum Gasteiger partial charge on any atom is 0.412 e. The van der Waals surface area contributed by atoms with E-state index in [1.807, 2.05) is 0 Å². The summed E-state index contributed by atoms with van der Waals surface area (Å²) in [6.45, 7) is 1.64. The Bertz CT molecular complexity index is 1040. The van der Waals surface area contributed by atoms with Crippen molar-refractivity contribution in [1.29, 1.82) is 0 Å². The molecule has 1 aliphatic heterocycles. The topological polar surface area (TPSA) is 106 Å². The molecule has 1 heterocycles. The lowest BCUT2D eigenvalue weighted by Crippen LogP contribution is -2.29. The Morgan fingerprint density at radius 3 is 2.74 bits per heavy atom. The second kappa shape index (κ2) is 7.67. The highest BCUT2D eigenvalue weighted by Crippen LogP contribution is 2.36. The van der Waals surface area contributed by atoms with Gasteiger partial charge in [0.2, 0.25) is 0 Å². The highest BCUT2D eigenvalue weighted by molar-refractivity contribution is 8.15. The van der Waals surface area contributed by atoms with Crippen molar-refractivity contribution in [2.75, 3.05) is 11.8 Å². The third-order valence-electron chi connectivity index (χ3n) is 3.45. The molecule has 0 saturated carbocycles. The van der Waals surface area contributed by atoms with Crippen molar-refractivity contribution in [2.45, 2.75) is 11.8 Å². The van der Waals surface area contributed by atoms with Gasteiger partial charge in [-0.05, 0) is 42.8 Å². The van der Waals surface area contributed by atoms with Gasteiger partial charge in [0.25, 0.3) is 0 Å². The van der Waals surface area contributed by atoms with E-state index in [0.717, 1.165) is 11.9 Å². The van der Waals surface area contributed by atoms with Crippen LogP contribution in [0, 0.1) is 6.92 Å². The van der Waals surface area contributed by atoms with Gasteiger partial charge in [-0.25, -0.2) is 9.79 Å². The molecule has 0 fully saturated rings. The molecule has 27 heavy (non-hydrogen) atoms. The predicted octanol–water partition coefficient (Wildman–Crippen LogP) is 3.83. The molecule has 11 heteroatoms. The third kappa shape index (κ3) is 4.46. The van der Waals surface area contributed by atoms with Gasteiger partial charge in [-0.1, -0.05) is 11.6 Å². The Kier molecular flexibility index (Phi) is 5.49. The van der Waals surface area contributed by atoms with Gasteiger partial charge in [-0.2, -0.15) is 8.42 Å². The number of hydrogen-bond acceptors (Lipinski definition) is 8. The molecule has 1 aliphatic rings. The van der Waals surface area contributed by atoms with Crippen LogP contribution in [0.2, 0.25) is 5.02 Å². The maximum absolute atomic E-state index is 12.5. The fraction of sp³-hybridized carbons (Fsp3) is 0.125. The van der Waals surface area contributed by atoms with Crippen molar-refractivity contribution < 1.29 is 22.1 Å². The van der Waals surface area contributed by atoms with Crippen molar-refractivity contribution in [1.82, 2.24) is 5.32 Å². The summed E-state index contributed by atoms with van der Waals surface area (Å²) in [4.78, 5) is 15.5. The van der Waals surface area contributed by atoms with Crippen LogP contribution >= 0.6 is 23.5 Å². The molecular formula is C16H14ClN3O5S2. The molecule has 0 aromatic heterocycles. The lowest BCUT2D eigenvalue weighted by molar-refractivity contribution is 0.177. The first-order chi connectivity index (χ1) is 12.8. The number of nitrogens with zero attached hydrogens (tertiary/aromatic N) is 1. The van der Waals surface area contributed by atoms with E-state index in [0.29, 0.717) is 27.1 Å². The number of aryl methyl sites for hydroxylation is 1. The SMILES string of the molecule is COC(=O)NC1=Nc2ccc(OS(=O)(=O)c3ccc(Cl)cc3C)cc2NS1. The highest BCUT2D eigenvalue weighted by atomic mass is 35.5. The number of aliphatic imine (C=N–C) groups is 1. The summed E-state index contributed by atoms with van der Waals surface area (Å²) in [6.07, 6.45) is -0.643. The molecule has 0 atom stereocenters. The van der Waals surface area contributed by atoms with Gasteiger partial charge in [-0.3, -0.25) is 5.32 Å². The molecular weight excluding hydrogens is 414 g/mol. The number of fused-ring (bicyclic) bond motifs is 1. The molecule has 0 saturated heterocycles. The molecule has 8 nitrogen and oxygen atoms in total. The minimum atomic E-state index is -4.02. The summed E-state index contributed by atoms with van der Waals surface area (Å²) >= 11 is 6.91. The first-order valence-corrected chi connectivity index (χ1v) is 10.1. The van der Waals surface area contributed by atoms with E-state index in [1.54, 1.807) is 19.1 Å². The van der Waals surface area contributed by atoms with E-state index >= 15 is 0 Å². The van der Waals surface area contributed by atoms with Crippen molar-refractivity contribution in [3.05, 3.63) is 47.0 Å². The standard InChI is InChI=1S/C16H14ClN3O5S2/c1-9-7-10(17)3-6-14(9)27(22,23)25-11-4-5-12-13(8-11)20-26-15(18-12)19-16(21)24-2/h3-8,20H,1-2H3,(H,18,19,21). The van der Waals surface area contributed by atoms with E-state index in [-0.39, 0.29) is 10.6 Å². The molecule has 2 N–H and O–H groups in total. The van der Waals surface area contributed by atoms with Gasteiger partial charge in [0.1, 0.15) is 10.6 Å². The number of hydrogen-bond donors (Lipinski definition) is 2. The van der Waals surface area contributed by atoms with Crippen LogP contribution in [0.5, 0.6) is 5.75 Å². The first-order valence-electron chi connectivity index (χ1n) is 7.50. The Morgan fingerprint density at radius 1 is 1.26 bits per heavy atom. The zero-order valence-electron chi connectivity index (χ0n) is 14.1. The van der Waals surface area contributed by atoms with Crippen LogP contribution in [0.3, 0.4) is 0 Å². The van der Waals surface area contributed by atoms with Crippen LogP contribution in [-0.2, 0) is 14.9 Å². The second-order valence-electron chi connectivity index (χ2n) is 5.36. The van der Waals surface area contributed by atoms with Gasteiger partial charge >= 0.3 is 16.2 Å².